The predicted octanol–water partition coefficient (Wildman–Crippen LogP) is 2.36. The zero-order valence-corrected chi connectivity index (χ0v) is 13.0. The van der Waals surface area contributed by atoms with Gasteiger partial charge in [0.15, 0.2) is 0 Å². The van der Waals surface area contributed by atoms with Gasteiger partial charge in [-0.05, 0) is 33.3 Å². The molecule has 0 bridgehead atoms. The highest BCUT2D eigenvalue weighted by molar-refractivity contribution is 5.68. The first kappa shape index (κ1) is 15.4. The van der Waals surface area contributed by atoms with Crippen molar-refractivity contribution in [2.24, 2.45) is 0 Å². The highest BCUT2D eigenvalue weighted by Gasteiger charge is 2.31. The smallest absolute Gasteiger partial charge is 0.410 e. The molecule has 6 nitrogen and oxygen atoms in total. The number of hydrogen-bond donors (Lipinski definition) is 1. The van der Waals surface area contributed by atoms with Gasteiger partial charge in [-0.1, -0.05) is 0 Å². The minimum absolute atomic E-state index is 0.0620. The van der Waals surface area contributed by atoms with Gasteiger partial charge >= 0.3 is 6.09 Å². The largest absolute Gasteiger partial charge is 0.472 e. The molecule has 2 heterocycles. The molecule has 1 unspecified atom stereocenters. The van der Waals surface area contributed by atoms with Gasteiger partial charge in [0.05, 0.1) is 18.4 Å². The van der Waals surface area contributed by atoms with E-state index in [4.69, 9.17) is 15.2 Å². The molecule has 1 aliphatic heterocycles. The van der Waals surface area contributed by atoms with Gasteiger partial charge in [-0.25, -0.2) is 9.78 Å². The highest BCUT2D eigenvalue weighted by Crippen LogP contribution is 2.21. The van der Waals surface area contributed by atoms with Crippen LogP contribution in [-0.2, 0) is 4.74 Å². The van der Waals surface area contributed by atoms with E-state index < -0.39 is 5.60 Å². The number of hydrogen-bond acceptors (Lipinski definition) is 5. The van der Waals surface area contributed by atoms with Crippen molar-refractivity contribution in [2.75, 3.05) is 18.8 Å². The Morgan fingerprint density at radius 3 is 2.81 bits per heavy atom. The summed E-state index contributed by atoms with van der Waals surface area (Å²) in [6.45, 7) is 8.63. The molecule has 21 heavy (non-hydrogen) atoms. The summed E-state index contributed by atoms with van der Waals surface area (Å²) in [5.41, 5.74) is 6.82. The van der Waals surface area contributed by atoms with Crippen LogP contribution in [0, 0.1) is 6.92 Å². The number of aromatic nitrogens is 1. The molecule has 1 aromatic heterocycles. The fraction of sp³-hybridized carbons (Fsp3) is 0.600. The lowest BCUT2D eigenvalue weighted by Gasteiger charge is -2.24. The van der Waals surface area contributed by atoms with Crippen LogP contribution in [0.4, 0.5) is 10.5 Å². The van der Waals surface area contributed by atoms with Crippen LogP contribution in [0.15, 0.2) is 12.3 Å². The third kappa shape index (κ3) is 4.24. The molecule has 0 spiro atoms. The number of ether oxygens (including phenoxy) is 2. The van der Waals surface area contributed by atoms with Gasteiger partial charge in [-0.2, -0.15) is 0 Å². The predicted molar refractivity (Wildman–Crippen MR) is 80.2 cm³/mol. The minimum atomic E-state index is -0.481. The van der Waals surface area contributed by atoms with E-state index in [2.05, 4.69) is 4.98 Å². The number of nitrogens with two attached hydrogens (primary N) is 1. The molecule has 116 valence electrons. The van der Waals surface area contributed by atoms with E-state index in [0.29, 0.717) is 24.7 Å². The molecule has 0 aromatic carbocycles. The van der Waals surface area contributed by atoms with Gasteiger partial charge in [0, 0.05) is 19.0 Å². The van der Waals surface area contributed by atoms with Crippen molar-refractivity contribution in [1.82, 2.24) is 9.88 Å². The third-order valence-corrected chi connectivity index (χ3v) is 3.21. The lowest BCUT2D eigenvalue weighted by atomic mass is 10.2. The summed E-state index contributed by atoms with van der Waals surface area (Å²) in [5, 5.41) is 0. The molecule has 2 N–H and O–H groups in total. The number of carbonyl (C=O) groups is 1. The number of likely N-dealkylation sites (tertiary alicyclic amines) is 1. The average molecular weight is 293 g/mol. The second-order valence-corrected chi connectivity index (χ2v) is 6.33. The highest BCUT2D eigenvalue weighted by atomic mass is 16.6. The Morgan fingerprint density at radius 1 is 1.48 bits per heavy atom. The summed E-state index contributed by atoms with van der Waals surface area (Å²) in [6.07, 6.45) is 2.00. The first-order chi connectivity index (χ1) is 9.74. The van der Waals surface area contributed by atoms with Crippen molar-refractivity contribution in [1.29, 1.82) is 0 Å². The van der Waals surface area contributed by atoms with E-state index in [1.54, 1.807) is 11.1 Å². The Kier molecular flexibility index (Phi) is 4.25. The van der Waals surface area contributed by atoms with Gasteiger partial charge in [0.25, 0.3) is 0 Å². The molecule has 0 saturated carbocycles. The van der Waals surface area contributed by atoms with Crippen LogP contribution < -0.4 is 10.5 Å². The molecule has 0 aliphatic carbocycles. The van der Waals surface area contributed by atoms with Crippen LogP contribution in [-0.4, -0.2) is 40.8 Å². The van der Waals surface area contributed by atoms with E-state index in [1.807, 2.05) is 33.8 Å². The number of carbonyl (C=O) groups excluding carboxylic acids is 1. The summed E-state index contributed by atoms with van der Waals surface area (Å²) in [5.74, 6) is 0.540. The summed E-state index contributed by atoms with van der Waals surface area (Å²) in [4.78, 5) is 17.8. The molecular formula is C15H23N3O3. The number of nitrogens with zero attached hydrogens (tertiary/aromatic N) is 2. The van der Waals surface area contributed by atoms with Crippen LogP contribution in [0.1, 0.15) is 32.8 Å². The third-order valence-electron chi connectivity index (χ3n) is 3.21. The first-order valence-corrected chi connectivity index (χ1v) is 7.11. The number of amides is 1. The van der Waals surface area contributed by atoms with Crippen molar-refractivity contribution < 1.29 is 14.3 Å². The van der Waals surface area contributed by atoms with Crippen molar-refractivity contribution in [3.8, 4) is 5.88 Å². The standard InChI is InChI=1S/C15H23N3O3/c1-10-7-13(17-8-12(10)16)20-11-5-6-18(9-11)14(19)21-15(2,3)4/h7-8,11H,5-6,9,16H2,1-4H3. The van der Waals surface area contributed by atoms with E-state index in [1.165, 1.54) is 0 Å². The number of rotatable bonds is 2. The lowest BCUT2D eigenvalue weighted by Crippen LogP contribution is -2.36. The Morgan fingerprint density at radius 2 is 2.19 bits per heavy atom. The molecule has 1 fully saturated rings. The lowest BCUT2D eigenvalue weighted by molar-refractivity contribution is 0.0275. The van der Waals surface area contributed by atoms with Crippen LogP contribution in [0.3, 0.4) is 0 Å². The zero-order valence-electron chi connectivity index (χ0n) is 13.0. The summed E-state index contributed by atoms with van der Waals surface area (Å²) in [6, 6.07) is 1.81. The van der Waals surface area contributed by atoms with E-state index >= 15 is 0 Å². The van der Waals surface area contributed by atoms with Crippen molar-refractivity contribution in [3.63, 3.8) is 0 Å². The van der Waals surface area contributed by atoms with E-state index in [-0.39, 0.29) is 12.2 Å². The van der Waals surface area contributed by atoms with Gasteiger partial charge in [-0.15, -0.1) is 0 Å². The Hall–Kier alpha value is -1.98. The van der Waals surface area contributed by atoms with Gasteiger partial charge in [0.1, 0.15) is 11.7 Å². The molecule has 2 rings (SSSR count). The van der Waals surface area contributed by atoms with Gasteiger partial charge in [0.2, 0.25) is 5.88 Å². The van der Waals surface area contributed by atoms with Crippen LogP contribution in [0.25, 0.3) is 0 Å². The van der Waals surface area contributed by atoms with E-state index in [9.17, 15) is 4.79 Å². The maximum atomic E-state index is 12.0. The SMILES string of the molecule is Cc1cc(OC2CCN(C(=O)OC(C)(C)C)C2)ncc1N. The Balaban J connectivity index is 1.90. The number of pyridine rings is 1. The first-order valence-electron chi connectivity index (χ1n) is 7.11. The molecule has 1 amide bonds. The minimum Gasteiger partial charge on any atom is -0.472 e. The fourth-order valence-corrected chi connectivity index (χ4v) is 2.09. The molecule has 1 atom stereocenters. The maximum absolute atomic E-state index is 12.0. The molecule has 1 saturated heterocycles. The van der Waals surface area contributed by atoms with Gasteiger partial charge in [-0.3, -0.25) is 0 Å². The van der Waals surface area contributed by atoms with Crippen molar-refractivity contribution >= 4 is 11.8 Å². The fourth-order valence-electron chi connectivity index (χ4n) is 2.09. The van der Waals surface area contributed by atoms with Gasteiger partial charge < -0.3 is 20.1 Å². The Bertz CT molecular complexity index is 525. The second-order valence-electron chi connectivity index (χ2n) is 6.33. The second kappa shape index (κ2) is 5.79. The molecule has 0 radical (unpaired) electrons. The summed E-state index contributed by atoms with van der Waals surface area (Å²) < 4.78 is 11.2. The normalized spacial score (nSPS) is 18.7. The summed E-state index contributed by atoms with van der Waals surface area (Å²) >= 11 is 0. The molecule has 1 aromatic rings. The number of nitrogen functional groups attached to an aromatic ring is 1. The maximum Gasteiger partial charge on any atom is 0.410 e. The van der Waals surface area contributed by atoms with Crippen LogP contribution >= 0.6 is 0 Å². The molecular weight excluding hydrogens is 270 g/mol. The van der Waals surface area contributed by atoms with Crippen molar-refractivity contribution in [2.45, 2.75) is 45.8 Å². The zero-order chi connectivity index (χ0) is 15.6. The summed E-state index contributed by atoms with van der Waals surface area (Å²) in [7, 11) is 0. The van der Waals surface area contributed by atoms with Crippen LogP contribution in [0.2, 0.25) is 0 Å². The molecule has 6 heteroatoms. The molecule has 1 aliphatic rings. The Labute approximate surface area is 125 Å². The topological polar surface area (TPSA) is 77.7 Å². The van der Waals surface area contributed by atoms with E-state index in [0.717, 1.165) is 12.0 Å². The number of aryl methyl sites for hydroxylation is 1. The van der Waals surface area contributed by atoms with Crippen molar-refractivity contribution in [3.05, 3.63) is 17.8 Å². The quantitative estimate of drug-likeness (QED) is 0.905. The number of anilines is 1. The monoisotopic (exact) mass is 293 g/mol. The average Bonchev–Trinajstić information content (AvgIpc) is 2.80. The van der Waals surface area contributed by atoms with Crippen LogP contribution in [0.5, 0.6) is 5.88 Å².